The Morgan fingerprint density at radius 3 is 2.57 bits per heavy atom. The summed E-state index contributed by atoms with van der Waals surface area (Å²) < 4.78 is 3.82. The maximum Gasteiger partial charge on any atom is 0.0627 e. The van der Waals surface area contributed by atoms with Gasteiger partial charge in [0.15, 0.2) is 0 Å². The van der Waals surface area contributed by atoms with E-state index in [1.165, 1.54) is 52.9 Å². The number of thiophene rings is 1. The zero-order valence-electron chi connectivity index (χ0n) is 15.0. The van der Waals surface area contributed by atoms with Gasteiger partial charge >= 0.3 is 0 Å². The number of para-hydroxylation sites is 1. The van der Waals surface area contributed by atoms with Gasteiger partial charge in [0.1, 0.15) is 0 Å². The Balaban J connectivity index is 1.82. The highest BCUT2D eigenvalue weighted by molar-refractivity contribution is 9.10. The first-order valence-corrected chi connectivity index (χ1v) is 11.0. The van der Waals surface area contributed by atoms with Crippen molar-refractivity contribution in [2.24, 2.45) is 0 Å². The lowest BCUT2D eigenvalue weighted by atomic mass is 9.90. The van der Waals surface area contributed by atoms with Gasteiger partial charge in [-0.1, -0.05) is 54.6 Å². The molecule has 0 unspecified atom stereocenters. The summed E-state index contributed by atoms with van der Waals surface area (Å²) in [5.74, 6) is 0. The SMILES string of the molecule is Brc1cc2c(c3c1sc1ccccc13)N(c1ccccc1)C1=CC=CC=C2C1. The Morgan fingerprint density at radius 2 is 1.68 bits per heavy atom. The molecule has 1 aromatic heterocycles. The molecule has 0 radical (unpaired) electrons. The maximum absolute atomic E-state index is 3.87. The average Bonchev–Trinajstić information content (AvgIpc) is 3.00. The fraction of sp³-hybridized carbons (Fsp3) is 0.0400. The molecule has 0 atom stereocenters. The minimum absolute atomic E-state index is 0.939. The number of halogens is 1. The number of nitrogens with zero attached hydrogens (tertiary/aromatic N) is 1. The van der Waals surface area contributed by atoms with Crippen molar-refractivity contribution in [3.8, 4) is 0 Å². The third-order valence-electron chi connectivity index (χ3n) is 5.52. The predicted octanol–water partition coefficient (Wildman–Crippen LogP) is 8.20. The summed E-state index contributed by atoms with van der Waals surface area (Å²) in [4.78, 5) is 2.45. The summed E-state index contributed by atoms with van der Waals surface area (Å²) in [6.07, 6.45) is 9.76. The minimum Gasteiger partial charge on any atom is -0.313 e. The highest BCUT2D eigenvalue weighted by Gasteiger charge is 2.30. The Kier molecular flexibility index (Phi) is 3.62. The highest BCUT2D eigenvalue weighted by Crippen LogP contribution is 2.53. The number of hydrogen-bond donors (Lipinski definition) is 0. The Bertz CT molecular complexity index is 1340. The molecule has 1 nitrogen and oxygen atoms in total. The third-order valence-corrected chi connectivity index (χ3v) is 7.61. The van der Waals surface area contributed by atoms with Crippen molar-refractivity contribution in [3.63, 3.8) is 0 Å². The largest absolute Gasteiger partial charge is 0.313 e. The van der Waals surface area contributed by atoms with E-state index in [-0.39, 0.29) is 0 Å². The Labute approximate surface area is 176 Å². The van der Waals surface area contributed by atoms with Crippen LogP contribution in [0.15, 0.2) is 95.1 Å². The van der Waals surface area contributed by atoms with E-state index in [0.717, 1.165) is 6.42 Å². The molecule has 6 rings (SSSR count). The van der Waals surface area contributed by atoms with Crippen molar-refractivity contribution in [3.05, 3.63) is 101 Å². The molecule has 0 N–H and O–H groups in total. The molecule has 2 aliphatic rings. The fourth-order valence-electron chi connectivity index (χ4n) is 4.33. The lowest BCUT2D eigenvalue weighted by molar-refractivity contribution is 1.06. The first-order chi connectivity index (χ1) is 13.8. The quantitative estimate of drug-likeness (QED) is 0.287. The molecule has 3 heteroatoms. The highest BCUT2D eigenvalue weighted by atomic mass is 79.9. The number of fused-ring (bicyclic) bond motifs is 8. The van der Waals surface area contributed by atoms with Gasteiger partial charge in [0.25, 0.3) is 0 Å². The summed E-state index contributed by atoms with van der Waals surface area (Å²) in [7, 11) is 0. The van der Waals surface area contributed by atoms with Crippen molar-refractivity contribution in [1.29, 1.82) is 0 Å². The molecule has 0 saturated heterocycles. The minimum atomic E-state index is 0.939. The van der Waals surface area contributed by atoms with E-state index in [1.807, 2.05) is 11.3 Å². The molecule has 0 fully saturated rings. The number of hydrogen-bond acceptors (Lipinski definition) is 2. The summed E-state index contributed by atoms with van der Waals surface area (Å²) in [5.41, 5.74) is 6.52. The molecule has 1 aliphatic carbocycles. The second-order valence-corrected chi connectivity index (χ2v) is 9.05. The van der Waals surface area contributed by atoms with Gasteiger partial charge in [-0.25, -0.2) is 0 Å². The van der Waals surface area contributed by atoms with Gasteiger partial charge in [0, 0.05) is 43.3 Å². The van der Waals surface area contributed by atoms with Crippen LogP contribution in [0.4, 0.5) is 11.4 Å². The van der Waals surface area contributed by atoms with E-state index in [4.69, 9.17) is 0 Å². The molecule has 0 spiro atoms. The van der Waals surface area contributed by atoms with E-state index in [1.54, 1.807) is 0 Å². The molecule has 2 heterocycles. The van der Waals surface area contributed by atoms with Crippen LogP contribution < -0.4 is 4.90 Å². The van der Waals surface area contributed by atoms with Gasteiger partial charge in [-0.05, 0) is 51.8 Å². The van der Waals surface area contributed by atoms with E-state index in [0.29, 0.717) is 0 Å². The van der Waals surface area contributed by atoms with Crippen LogP contribution in [0.25, 0.3) is 25.7 Å². The smallest absolute Gasteiger partial charge is 0.0627 e. The van der Waals surface area contributed by atoms with Crippen molar-refractivity contribution in [2.75, 3.05) is 4.90 Å². The van der Waals surface area contributed by atoms with Gasteiger partial charge in [-0.3, -0.25) is 0 Å². The standard InChI is InChI=1S/C25H16BrNS/c26-21-15-20-16-8-4-5-11-18(14-16)27(17-9-2-1-3-10-17)24(20)23-19-12-6-7-13-22(19)28-25(21)23/h1-13,15H,14H2. The summed E-state index contributed by atoms with van der Waals surface area (Å²) in [6, 6.07) is 21.8. The maximum atomic E-state index is 3.87. The molecular weight excluding hydrogens is 426 g/mol. The average molecular weight is 442 g/mol. The van der Waals surface area contributed by atoms with Crippen LogP contribution in [0.5, 0.6) is 0 Å². The van der Waals surface area contributed by atoms with Crippen molar-refractivity contribution < 1.29 is 0 Å². The molecule has 3 aromatic carbocycles. The van der Waals surface area contributed by atoms with E-state index in [9.17, 15) is 0 Å². The molecule has 1 aliphatic heterocycles. The van der Waals surface area contributed by atoms with Crippen LogP contribution in [0, 0.1) is 0 Å². The van der Waals surface area contributed by atoms with Crippen LogP contribution in [0.1, 0.15) is 12.0 Å². The van der Waals surface area contributed by atoms with Crippen LogP contribution in [0.3, 0.4) is 0 Å². The van der Waals surface area contributed by atoms with Gasteiger partial charge in [-0.15, -0.1) is 11.3 Å². The molecular formula is C25H16BrNS. The zero-order valence-corrected chi connectivity index (χ0v) is 17.4. The lowest BCUT2D eigenvalue weighted by Gasteiger charge is -2.35. The van der Waals surface area contributed by atoms with Gasteiger partial charge in [-0.2, -0.15) is 0 Å². The Hall–Kier alpha value is -2.62. The first kappa shape index (κ1) is 16.3. The summed E-state index contributed by atoms with van der Waals surface area (Å²) >= 11 is 5.74. The molecule has 4 aromatic rings. The summed E-state index contributed by atoms with van der Waals surface area (Å²) in [5, 5.41) is 2.67. The van der Waals surface area contributed by atoms with Crippen molar-refractivity contribution in [1.82, 2.24) is 0 Å². The monoisotopic (exact) mass is 441 g/mol. The van der Waals surface area contributed by atoms with Crippen LogP contribution >= 0.6 is 27.3 Å². The second-order valence-electron chi connectivity index (χ2n) is 7.14. The molecule has 0 amide bonds. The molecule has 0 saturated carbocycles. The topological polar surface area (TPSA) is 3.24 Å². The van der Waals surface area contributed by atoms with E-state index >= 15 is 0 Å². The number of anilines is 2. The van der Waals surface area contributed by atoms with Gasteiger partial charge < -0.3 is 4.90 Å². The first-order valence-electron chi connectivity index (χ1n) is 9.37. The molecule has 28 heavy (non-hydrogen) atoms. The van der Waals surface area contributed by atoms with Gasteiger partial charge in [0.2, 0.25) is 0 Å². The number of allylic oxidation sites excluding steroid dienone is 5. The zero-order chi connectivity index (χ0) is 18.7. The third kappa shape index (κ3) is 2.30. The van der Waals surface area contributed by atoms with Gasteiger partial charge in [0.05, 0.1) is 10.4 Å². The van der Waals surface area contributed by atoms with Crippen molar-refractivity contribution in [2.45, 2.75) is 6.42 Å². The molecule has 2 bridgehead atoms. The van der Waals surface area contributed by atoms with E-state index < -0.39 is 0 Å². The predicted molar refractivity (Wildman–Crippen MR) is 125 cm³/mol. The van der Waals surface area contributed by atoms with Crippen LogP contribution in [0.2, 0.25) is 0 Å². The van der Waals surface area contributed by atoms with Crippen molar-refractivity contribution >= 4 is 64.4 Å². The fourth-order valence-corrected chi connectivity index (χ4v) is 6.11. The normalized spacial score (nSPS) is 15.4. The Morgan fingerprint density at radius 1 is 0.893 bits per heavy atom. The van der Waals surface area contributed by atoms with Crippen LogP contribution in [-0.2, 0) is 0 Å². The molecule has 134 valence electrons. The summed E-state index contributed by atoms with van der Waals surface area (Å²) in [6.45, 7) is 0. The number of benzene rings is 3. The second kappa shape index (κ2) is 6.20. The lowest BCUT2D eigenvalue weighted by Crippen LogP contribution is -2.22. The van der Waals surface area contributed by atoms with Crippen LogP contribution in [-0.4, -0.2) is 0 Å². The number of rotatable bonds is 1. The van der Waals surface area contributed by atoms with E-state index in [2.05, 4.69) is 106 Å².